The van der Waals surface area contributed by atoms with Crippen molar-refractivity contribution in [3.8, 4) is 0 Å². The molecule has 0 spiro atoms. The fraction of sp³-hybridized carbons (Fsp3) is 0.158. The summed E-state index contributed by atoms with van der Waals surface area (Å²) >= 11 is 1.44. The third kappa shape index (κ3) is 6.12. The van der Waals surface area contributed by atoms with Gasteiger partial charge in [0.1, 0.15) is 6.42 Å². The maximum Gasteiger partial charge on any atom is 0.310 e. The Morgan fingerprint density at radius 2 is 1.61 bits per heavy atom. The van der Waals surface area contributed by atoms with Gasteiger partial charge in [0.05, 0.1) is 5.75 Å². The zero-order valence-corrected chi connectivity index (χ0v) is 13.4. The molecule has 0 saturated carbocycles. The lowest BCUT2D eigenvalue weighted by Crippen LogP contribution is -2.09. The Balaban J connectivity index is 2.08. The van der Waals surface area contributed by atoms with Crippen molar-refractivity contribution in [2.45, 2.75) is 11.7 Å². The Bertz CT molecular complexity index is 666. The second-order valence-corrected chi connectivity index (χ2v) is 6.15. The van der Waals surface area contributed by atoms with Gasteiger partial charge < -0.3 is 5.11 Å². The van der Waals surface area contributed by atoms with Gasteiger partial charge in [0, 0.05) is 5.25 Å². The number of carboxylic acids is 1. The fourth-order valence-electron chi connectivity index (χ4n) is 2.07. The maximum absolute atomic E-state index is 11.6. The van der Waals surface area contributed by atoms with E-state index in [2.05, 4.69) is 0 Å². The lowest BCUT2D eigenvalue weighted by molar-refractivity contribution is -0.139. The first-order valence-electron chi connectivity index (χ1n) is 7.28. The number of benzene rings is 2. The summed E-state index contributed by atoms with van der Waals surface area (Å²) in [6.45, 7) is 0. The number of hydrogen-bond acceptors (Lipinski definition) is 3. The van der Waals surface area contributed by atoms with E-state index in [1.165, 1.54) is 11.8 Å². The van der Waals surface area contributed by atoms with Gasteiger partial charge in [0.2, 0.25) is 0 Å². The van der Waals surface area contributed by atoms with E-state index in [-0.39, 0.29) is 16.8 Å². The summed E-state index contributed by atoms with van der Waals surface area (Å²) in [5.74, 6) is -1.16. The van der Waals surface area contributed by atoms with E-state index in [1.54, 1.807) is 0 Å². The van der Waals surface area contributed by atoms with Gasteiger partial charge >= 0.3 is 5.97 Å². The Morgan fingerprint density at radius 1 is 1.00 bits per heavy atom. The molecule has 0 aromatic heterocycles. The molecular weight excluding hydrogens is 308 g/mol. The number of aliphatic carboxylic acids is 1. The molecule has 4 heteroatoms. The molecule has 1 atom stereocenters. The maximum atomic E-state index is 11.6. The van der Waals surface area contributed by atoms with Gasteiger partial charge in [-0.1, -0.05) is 72.8 Å². The van der Waals surface area contributed by atoms with Crippen LogP contribution < -0.4 is 0 Å². The first-order valence-corrected chi connectivity index (χ1v) is 8.33. The molecule has 0 radical (unpaired) electrons. The third-order valence-electron chi connectivity index (χ3n) is 3.16. The SMILES string of the molecule is O=C(O)CC(=O)CSC(C=Cc1ccccc1)c1ccccc1. The molecule has 2 rings (SSSR count). The zero-order chi connectivity index (χ0) is 16.5. The van der Waals surface area contributed by atoms with Gasteiger partial charge in [-0.2, -0.15) is 0 Å². The summed E-state index contributed by atoms with van der Waals surface area (Å²) in [6.07, 6.45) is 3.65. The number of carbonyl (C=O) groups is 2. The van der Waals surface area contributed by atoms with Gasteiger partial charge in [0.15, 0.2) is 5.78 Å². The lowest BCUT2D eigenvalue weighted by Gasteiger charge is -2.12. The van der Waals surface area contributed by atoms with E-state index >= 15 is 0 Å². The molecule has 0 aliphatic rings. The Morgan fingerprint density at radius 3 is 2.22 bits per heavy atom. The van der Waals surface area contributed by atoms with Gasteiger partial charge in [-0.15, -0.1) is 11.8 Å². The minimum atomic E-state index is -1.08. The summed E-state index contributed by atoms with van der Waals surface area (Å²) in [7, 11) is 0. The highest BCUT2D eigenvalue weighted by atomic mass is 32.2. The molecule has 0 fully saturated rings. The third-order valence-corrected chi connectivity index (χ3v) is 4.44. The van der Waals surface area contributed by atoms with E-state index in [4.69, 9.17) is 5.11 Å². The molecule has 0 heterocycles. The van der Waals surface area contributed by atoms with Crippen LogP contribution in [0.3, 0.4) is 0 Å². The highest BCUT2D eigenvalue weighted by Crippen LogP contribution is 2.31. The van der Waals surface area contributed by atoms with Crippen LogP contribution in [-0.2, 0) is 9.59 Å². The highest BCUT2D eigenvalue weighted by molar-refractivity contribution is 8.00. The number of carboxylic acid groups (broad SMARTS) is 1. The molecule has 23 heavy (non-hydrogen) atoms. The van der Waals surface area contributed by atoms with Crippen LogP contribution in [0.5, 0.6) is 0 Å². The second kappa shape index (κ2) is 8.96. The number of rotatable bonds is 8. The summed E-state index contributed by atoms with van der Waals surface area (Å²) < 4.78 is 0. The summed E-state index contributed by atoms with van der Waals surface area (Å²) in [5.41, 5.74) is 2.18. The largest absolute Gasteiger partial charge is 0.481 e. The smallest absolute Gasteiger partial charge is 0.310 e. The molecule has 1 unspecified atom stereocenters. The Hall–Kier alpha value is -2.33. The predicted octanol–water partition coefficient (Wildman–Crippen LogP) is 4.22. The van der Waals surface area contributed by atoms with Crippen LogP contribution in [0.2, 0.25) is 0 Å². The molecular formula is C19H18O3S. The zero-order valence-electron chi connectivity index (χ0n) is 12.6. The van der Waals surface area contributed by atoms with Crippen molar-refractivity contribution in [2.75, 3.05) is 5.75 Å². The second-order valence-electron chi connectivity index (χ2n) is 5.02. The molecule has 2 aromatic rings. The highest BCUT2D eigenvalue weighted by Gasteiger charge is 2.13. The molecule has 2 aromatic carbocycles. The van der Waals surface area contributed by atoms with E-state index in [9.17, 15) is 9.59 Å². The van der Waals surface area contributed by atoms with E-state index in [0.29, 0.717) is 0 Å². The van der Waals surface area contributed by atoms with Crippen LogP contribution in [-0.4, -0.2) is 22.6 Å². The fourth-order valence-corrected chi connectivity index (χ4v) is 3.08. The topological polar surface area (TPSA) is 54.4 Å². The number of ketones is 1. The van der Waals surface area contributed by atoms with Gasteiger partial charge in [-0.3, -0.25) is 9.59 Å². The first kappa shape index (κ1) is 17.0. The van der Waals surface area contributed by atoms with Crippen molar-refractivity contribution in [1.29, 1.82) is 0 Å². The summed E-state index contributed by atoms with van der Waals surface area (Å²) in [5, 5.41) is 8.68. The number of thioether (sulfide) groups is 1. The summed E-state index contributed by atoms with van der Waals surface area (Å²) in [6, 6.07) is 19.8. The lowest BCUT2D eigenvalue weighted by atomic mass is 10.1. The van der Waals surface area contributed by atoms with E-state index < -0.39 is 12.4 Å². The van der Waals surface area contributed by atoms with Crippen molar-refractivity contribution in [1.82, 2.24) is 0 Å². The minimum absolute atomic E-state index is 0.00847. The predicted molar refractivity (Wildman–Crippen MR) is 94.4 cm³/mol. The monoisotopic (exact) mass is 326 g/mol. The van der Waals surface area contributed by atoms with Crippen LogP contribution in [0, 0.1) is 0 Å². The molecule has 1 N–H and O–H groups in total. The van der Waals surface area contributed by atoms with Crippen molar-refractivity contribution in [3.05, 3.63) is 77.9 Å². The first-order chi connectivity index (χ1) is 11.1. The Kier molecular flexibility index (Phi) is 6.63. The normalized spacial score (nSPS) is 12.2. The van der Waals surface area contributed by atoms with Crippen molar-refractivity contribution in [3.63, 3.8) is 0 Å². The van der Waals surface area contributed by atoms with Gasteiger partial charge in [0.25, 0.3) is 0 Å². The quantitative estimate of drug-likeness (QED) is 0.738. The van der Waals surface area contributed by atoms with E-state index in [1.807, 2.05) is 72.8 Å². The van der Waals surface area contributed by atoms with Crippen molar-refractivity contribution >= 4 is 29.6 Å². The molecule has 0 amide bonds. The number of Topliss-reactive ketones (excluding diaryl/α,β-unsaturated/α-hetero) is 1. The number of carbonyl (C=O) groups excluding carboxylic acids is 1. The van der Waals surface area contributed by atoms with Crippen LogP contribution in [0.4, 0.5) is 0 Å². The van der Waals surface area contributed by atoms with Crippen LogP contribution in [0.1, 0.15) is 22.8 Å². The van der Waals surface area contributed by atoms with Crippen molar-refractivity contribution < 1.29 is 14.7 Å². The molecule has 0 aliphatic heterocycles. The molecule has 0 aliphatic carbocycles. The number of hydrogen-bond donors (Lipinski definition) is 1. The van der Waals surface area contributed by atoms with Gasteiger partial charge in [-0.25, -0.2) is 0 Å². The average molecular weight is 326 g/mol. The Labute approximate surface area is 140 Å². The molecule has 118 valence electrons. The van der Waals surface area contributed by atoms with Crippen LogP contribution >= 0.6 is 11.8 Å². The minimum Gasteiger partial charge on any atom is -0.481 e. The molecule has 0 saturated heterocycles. The summed E-state index contributed by atoms with van der Waals surface area (Å²) in [4.78, 5) is 22.2. The van der Waals surface area contributed by atoms with Gasteiger partial charge in [-0.05, 0) is 11.1 Å². The van der Waals surface area contributed by atoms with Crippen LogP contribution in [0.15, 0.2) is 66.7 Å². The molecule has 3 nitrogen and oxygen atoms in total. The van der Waals surface area contributed by atoms with Crippen LogP contribution in [0.25, 0.3) is 6.08 Å². The molecule has 0 bridgehead atoms. The standard InChI is InChI=1S/C19H18O3S/c20-17(13-19(21)22)14-23-18(16-9-5-2-6-10-16)12-11-15-7-3-1-4-8-15/h1-12,18H,13-14H2,(H,21,22). The van der Waals surface area contributed by atoms with E-state index in [0.717, 1.165) is 11.1 Å². The van der Waals surface area contributed by atoms with Crippen molar-refractivity contribution in [2.24, 2.45) is 0 Å². The average Bonchev–Trinajstić information content (AvgIpc) is 2.56.